The van der Waals surface area contributed by atoms with Gasteiger partial charge in [0.05, 0.1) is 10.9 Å². The third-order valence-corrected chi connectivity index (χ3v) is 2.11. The highest BCUT2D eigenvalue weighted by Crippen LogP contribution is 2.18. The van der Waals surface area contributed by atoms with Crippen LogP contribution in [0, 0.1) is 0 Å². The Labute approximate surface area is 79.8 Å². The highest BCUT2D eigenvalue weighted by molar-refractivity contribution is 6.02. The van der Waals surface area contributed by atoms with E-state index in [4.69, 9.17) is 5.11 Å². The molecule has 0 aliphatic carbocycles. The Bertz CT molecular complexity index is 490. The summed E-state index contributed by atoms with van der Waals surface area (Å²) in [4.78, 5) is 14.9. The first-order valence-electron chi connectivity index (χ1n) is 4.29. The minimum atomic E-state index is -0.950. The van der Waals surface area contributed by atoms with Crippen molar-refractivity contribution in [3.05, 3.63) is 23.5 Å². The lowest BCUT2D eigenvalue weighted by Crippen LogP contribution is -1.98. The molecule has 2 aromatic heterocycles. The van der Waals surface area contributed by atoms with Crippen LogP contribution in [-0.4, -0.2) is 26.3 Å². The molecule has 5 heteroatoms. The average molecular weight is 191 g/mol. The zero-order valence-electron chi connectivity index (χ0n) is 7.61. The summed E-state index contributed by atoms with van der Waals surface area (Å²) >= 11 is 0. The molecule has 0 saturated heterocycles. The molecule has 2 aromatic rings. The van der Waals surface area contributed by atoms with Crippen LogP contribution in [0.15, 0.2) is 12.3 Å². The number of aromatic amines is 1. The van der Waals surface area contributed by atoms with Crippen LogP contribution < -0.4 is 0 Å². The lowest BCUT2D eigenvalue weighted by Gasteiger charge is -1.97. The van der Waals surface area contributed by atoms with Gasteiger partial charge in [-0.3, -0.25) is 5.10 Å². The van der Waals surface area contributed by atoms with Crippen molar-refractivity contribution in [2.24, 2.45) is 0 Å². The van der Waals surface area contributed by atoms with Gasteiger partial charge in [0.2, 0.25) is 0 Å². The Morgan fingerprint density at radius 2 is 2.43 bits per heavy atom. The van der Waals surface area contributed by atoms with Gasteiger partial charge in [-0.25, -0.2) is 9.78 Å². The average Bonchev–Trinajstić information content (AvgIpc) is 2.59. The molecule has 0 saturated carbocycles. The monoisotopic (exact) mass is 191 g/mol. The Morgan fingerprint density at radius 3 is 3.07 bits per heavy atom. The zero-order chi connectivity index (χ0) is 10.1. The molecule has 0 spiro atoms. The van der Waals surface area contributed by atoms with E-state index >= 15 is 0 Å². The van der Waals surface area contributed by atoms with Gasteiger partial charge < -0.3 is 5.11 Å². The van der Waals surface area contributed by atoms with E-state index in [-0.39, 0.29) is 5.56 Å². The summed E-state index contributed by atoms with van der Waals surface area (Å²) in [6.07, 6.45) is 2.16. The van der Waals surface area contributed by atoms with Gasteiger partial charge in [-0.15, -0.1) is 0 Å². The molecular weight excluding hydrogens is 182 g/mol. The molecule has 0 amide bonds. The van der Waals surface area contributed by atoms with Crippen LogP contribution in [-0.2, 0) is 6.42 Å². The smallest absolute Gasteiger partial charge is 0.336 e. The summed E-state index contributed by atoms with van der Waals surface area (Å²) in [6.45, 7) is 1.94. The lowest BCUT2D eigenvalue weighted by molar-refractivity contribution is 0.0699. The summed E-state index contributed by atoms with van der Waals surface area (Å²) in [5.41, 5.74) is 1.52. The second kappa shape index (κ2) is 3.10. The lowest BCUT2D eigenvalue weighted by atomic mass is 10.1. The van der Waals surface area contributed by atoms with Gasteiger partial charge in [-0.2, -0.15) is 5.10 Å². The molecule has 72 valence electrons. The van der Waals surface area contributed by atoms with E-state index in [0.717, 1.165) is 5.69 Å². The Balaban J connectivity index is 2.81. The van der Waals surface area contributed by atoms with Crippen molar-refractivity contribution in [2.75, 3.05) is 0 Å². The molecule has 14 heavy (non-hydrogen) atoms. The first-order chi connectivity index (χ1) is 6.74. The maximum Gasteiger partial charge on any atom is 0.336 e. The third-order valence-electron chi connectivity index (χ3n) is 2.11. The largest absolute Gasteiger partial charge is 0.478 e. The van der Waals surface area contributed by atoms with Gasteiger partial charge in [0, 0.05) is 11.9 Å². The number of aromatic nitrogens is 3. The van der Waals surface area contributed by atoms with Gasteiger partial charge in [0.15, 0.2) is 5.65 Å². The zero-order valence-corrected chi connectivity index (χ0v) is 7.61. The molecular formula is C9H9N3O2. The number of carbonyl (C=O) groups is 1. The number of hydrogen-bond donors (Lipinski definition) is 2. The highest BCUT2D eigenvalue weighted by Gasteiger charge is 2.14. The molecule has 2 N–H and O–H groups in total. The van der Waals surface area contributed by atoms with Gasteiger partial charge >= 0.3 is 5.97 Å². The van der Waals surface area contributed by atoms with Crippen molar-refractivity contribution in [1.29, 1.82) is 0 Å². The van der Waals surface area contributed by atoms with Crippen LogP contribution in [0.1, 0.15) is 23.0 Å². The number of fused-ring (bicyclic) bond motifs is 1. The van der Waals surface area contributed by atoms with E-state index in [1.807, 2.05) is 6.92 Å². The number of aromatic carboxylic acids is 1. The van der Waals surface area contributed by atoms with Crippen molar-refractivity contribution < 1.29 is 9.90 Å². The molecule has 0 aliphatic heterocycles. The number of nitrogens with one attached hydrogen (secondary N) is 1. The van der Waals surface area contributed by atoms with E-state index in [9.17, 15) is 4.79 Å². The minimum absolute atomic E-state index is 0.251. The Hall–Kier alpha value is -1.91. The summed E-state index contributed by atoms with van der Waals surface area (Å²) in [5.74, 6) is -0.950. The molecule has 0 atom stereocenters. The second-order valence-corrected chi connectivity index (χ2v) is 2.92. The van der Waals surface area contributed by atoms with Crippen molar-refractivity contribution >= 4 is 17.0 Å². The van der Waals surface area contributed by atoms with E-state index < -0.39 is 5.97 Å². The summed E-state index contributed by atoms with van der Waals surface area (Å²) in [6, 6.07) is 1.49. The van der Waals surface area contributed by atoms with Crippen LogP contribution in [0.2, 0.25) is 0 Å². The first-order valence-corrected chi connectivity index (χ1v) is 4.29. The Kier molecular flexibility index (Phi) is 1.92. The molecule has 0 radical (unpaired) electrons. The molecule has 5 nitrogen and oxygen atoms in total. The second-order valence-electron chi connectivity index (χ2n) is 2.92. The van der Waals surface area contributed by atoms with Crippen LogP contribution in [0.3, 0.4) is 0 Å². The number of pyridine rings is 1. The van der Waals surface area contributed by atoms with Crippen LogP contribution in [0.4, 0.5) is 0 Å². The fourth-order valence-corrected chi connectivity index (χ4v) is 1.44. The molecule has 0 fully saturated rings. The molecule has 2 heterocycles. The standard InChI is InChI=1S/C9H9N3O2/c1-2-6-7-5(9(13)14)3-4-10-8(7)12-11-6/h3-4H,2H2,1H3,(H,13,14)(H,10,11,12). The van der Waals surface area contributed by atoms with Gasteiger partial charge in [-0.05, 0) is 12.5 Å². The third kappa shape index (κ3) is 1.14. The van der Waals surface area contributed by atoms with E-state index in [0.29, 0.717) is 17.5 Å². The predicted molar refractivity (Wildman–Crippen MR) is 50.2 cm³/mol. The van der Waals surface area contributed by atoms with Crippen molar-refractivity contribution in [3.63, 3.8) is 0 Å². The van der Waals surface area contributed by atoms with Crippen molar-refractivity contribution in [2.45, 2.75) is 13.3 Å². The molecule has 0 aromatic carbocycles. The van der Waals surface area contributed by atoms with Crippen molar-refractivity contribution in [3.8, 4) is 0 Å². The molecule has 0 aliphatic rings. The van der Waals surface area contributed by atoms with Gasteiger partial charge in [0.25, 0.3) is 0 Å². The number of hydrogen-bond acceptors (Lipinski definition) is 3. The fraction of sp³-hybridized carbons (Fsp3) is 0.222. The molecule has 2 rings (SSSR count). The fourth-order valence-electron chi connectivity index (χ4n) is 1.44. The number of aryl methyl sites for hydroxylation is 1. The summed E-state index contributed by atoms with van der Waals surface area (Å²) in [5, 5.41) is 16.3. The van der Waals surface area contributed by atoms with Crippen molar-refractivity contribution in [1.82, 2.24) is 15.2 Å². The van der Waals surface area contributed by atoms with Crippen LogP contribution >= 0.6 is 0 Å². The minimum Gasteiger partial charge on any atom is -0.478 e. The maximum atomic E-state index is 10.9. The Morgan fingerprint density at radius 1 is 1.64 bits per heavy atom. The van der Waals surface area contributed by atoms with E-state index in [1.54, 1.807) is 0 Å². The van der Waals surface area contributed by atoms with Crippen LogP contribution in [0.5, 0.6) is 0 Å². The van der Waals surface area contributed by atoms with Gasteiger partial charge in [0.1, 0.15) is 0 Å². The highest BCUT2D eigenvalue weighted by atomic mass is 16.4. The molecule has 0 unspecified atom stereocenters. The van der Waals surface area contributed by atoms with Gasteiger partial charge in [-0.1, -0.05) is 6.92 Å². The summed E-state index contributed by atoms with van der Waals surface area (Å²) < 4.78 is 0. The number of nitrogens with zero attached hydrogens (tertiary/aromatic N) is 2. The first kappa shape index (κ1) is 8.68. The number of carboxylic acid groups (broad SMARTS) is 1. The maximum absolute atomic E-state index is 10.9. The normalized spacial score (nSPS) is 10.6. The number of H-pyrrole nitrogens is 1. The summed E-state index contributed by atoms with van der Waals surface area (Å²) in [7, 11) is 0. The molecule has 0 bridgehead atoms. The number of rotatable bonds is 2. The van der Waals surface area contributed by atoms with E-state index in [1.165, 1.54) is 12.3 Å². The predicted octanol–water partition coefficient (Wildman–Crippen LogP) is 1.22. The van der Waals surface area contributed by atoms with Crippen LogP contribution in [0.25, 0.3) is 11.0 Å². The SMILES string of the molecule is CCc1[nH]nc2nccc(C(=O)O)c12. The quantitative estimate of drug-likeness (QED) is 0.747. The van der Waals surface area contributed by atoms with E-state index in [2.05, 4.69) is 15.2 Å². The number of carboxylic acids is 1. The topological polar surface area (TPSA) is 78.9 Å².